The van der Waals surface area contributed by atoms with Crippen LogP contribution in [0.4, 0.5) is 0 Å². The number of hydrogen-bond acceptors (Lipinski definition) is 5. The highest BCUT2D eigenvalue weighted by Crippen LogP contribution is 2.20. The number of ether oxygens (including phenoxy) is 2. The fourth-order valence-corrected chi connectivity index (χ4v) is 3.30. The molecule has 0 saturated heterocycles. The van der Waals surface area contributed by atoms with E-state index in [-0.39, 0.29) is 24.4 Å². The molecule has 5 nitrogen and oxygen atoms in total. The van der Waals surface area contributed by atoms with Gasteiger partial charge in [-0.15, -0.1) is 12.4 Å². The van der Waals surface area contributed by atoms with Crippen molar-refractivity contribution < 1.29 is 19.4 Å². The highest BCUT2D eigenvalue weighted by Gasteiger charge is 2.12. The standard InChI is InChI=1S/C26H29NO4.ClH/c1-19(15-20-11-13-22(14-12-20)26(29)30-2)27-17-25(28)23-9-6-10-24(16-23)31-18-21-7-4-3-5-8-21;/h3-14,16,19,25,27-28H,15,17-18H2,1-2H3;1H. The van der Waals surface area contributed by atoms with Crippen molar-refractivity contribution in [1.29, 1.82) is 0 Å². The van der Waals surface area contributed by atoms with Crippen molar-refractivity contribution in [3.05, 3.63) is 101 Å². The van der Waals surface area contributed by atoms with Gasteiger partial charge < -0.3 is 19.9 Å². The molecule has 3 aromatic carbocycles. The summed E-state index contributed by atoms with van der Waals surface area (Å²) in [6, 6.07) is 25.1. The van der Waals surface area contributed by atoms with Crippen LogP contribution in [0.15, 0.2) is 78.9 Å². The monoisotopic (exact) mass is 455 g/mol. The van der Waals surface area contributed by atoms with E-state index in [0.717, 1.165) is 28.9 Å². The van der Waals surface area contributed by atoms with Crippen molar-refractivity contribution in [2.24, 2.45) is 0 Å². The fraction of sp³-hybridized carbons (Fsp3) is 0.269. The number of carbonyl (C=O) groups excluding carboxylic acids is 1. The van der Waals surface area contributed by atoms with Gasteiger partial charge in [-0.1, -0.05) is 54.6 Å². The number of hydrogen-bond donors (Lipinski definition) is 2. The minimum absolute atomic E-state index is 0. The predicted octanol–water partition coefficient (Wildman–Crippen LogP) is 4.73. The number of rotatable bonds is 10. The summed E-state index contributed by atoms with van der Waals surface area (Å²) in [5.74, 6) is 0.398. The van der Waals surface area contributed by atoms with Gasteiger partial charge in [0.15, 0.2) is 0 Å². The summed E-state index contributed by atoms with van der Waals surface area (Å²) < 4.78 is 10.6. The van der Waals surface area contributed by atoms with E-state index in [1.807, 2.05) is 66.7 Å². The lowest BCUT2D eigenvalue weighted by Crippen LogP contribution is -2.32. The minimum atomic E-state index is -0.635. The summed E-state index contributed by atoms with van der Waals surface area (Å²) in [4.78, 5) is 11.5. The molecule has 0 spiro atoms. The van der Waals surface area contributed by atoms with Crippen molar-refractivity contribution in [3.63, 3.8) is 0 Å². The molecule has 170 valence electrons. The van der Waals surface area contributed by atoms with Crippen LogP contribution in [0.3, 0.4) is 0 Å². The van der Waals surface area contributed by atoms with Gasteiger partial charge in [0.05, 0.1) is 18.8 Å². The molecule has 0 fully saturated rings. The maximum absolute atomic E-state index is 11.5. The van der Waals surface area contributed by atoms with Crippen LogP contribution in [-0.4, -0.2) is 30.8 Å². The molecule has 0 aliphatic carbocycles. The van der Waals surface area contributed by atoms with Crippen LogP contribution < -0.4 is 10.1 Å². The summed E-state index contributed by atoms with van der Waals surface area (Å²) in [6.07, 6.45) is 0.151. The molecule has 0 bridgehead atoms. The lowest BCUT2D eigenvalue weighted by molar-refractivity contribution is 0.0600. The van der Waals surface area contributed by atoms with Gasteiger partial charge in [-0.05, 0) is 54.3 Å². The zero-order valence-corrected chi connectivity index (χ0v) is 19.2. The molecule has 32 heavy (non-hydrogen) atoms. The number of methoxy groups -OCH3 is 1. The Hall–Kier alpha value is -2.86. The van der Waals surface area contributed by atoms with Crippen LogP contribution >= 0.6 is 12.4 Å². The van der Waals surface area contributed by atoms with Crippen LogP contribution in [-0.2, 0) is 17.8 Å². The minimum Gasteiger partial charge on any atom is -0.489 e. The van der Waals surface area contributed by atoms with E-state index >= 15 is 0 Å². The van der Waals surface area contributed by atoms with E-state index in [1.165, 1.54) is 7.11 Å². The van der Waals surface area contributed by atoms with Gasteiger partial charge in [0.25, 0.3) is 0 Å². The van der Waals surface area contributed by atoms with Gasteiger partial charge in [-0.25, -0.2) is 4.79 Å². The number of esters is 1. The average molecular weight is 456 g/mol. The zero-order valence-electron chi connectivity index (χ0n) is 18.4. The molecule has 3 aromatic rings. The second-order valence-corrected chi connectivity index (χ2v) is 7.56. The molecule has 0 heterocycles. The Kier molecular flexibility index (Phi) is 10.2. The van der Waals surface area contributed by atoms with Gasteiger partial charge in [-0.3, -0.25) is 0 Å². The molecule has 0 saturated carbocycles. The van der Waals surface area contributed by atoms with Crippen molar-refractivity contribution in [3.8, 4) is 5.75 Å². The van der Waals surface area contributed by atoms with Crippen molar-refractivity contribution in [1.82, 2.24) is 5.32 Å². The highest BCUT2D eigenvalue weighted by atomic mass is 35.5. The van der Waals surface area contributed by atoms with E-state index in [4.69, 9.17) is 9.47 Å². The van der Waals surface area contributed by atoms with Gasteiger partial charge in [0.1, 0.15) is 12.4 Å². The first kappa shape index (κ1) is 25.4. The van der Waals surface area contributed by atoms with Gasteiger partial charge in [-0.2, -0.15) is 0 Å². The third-order valence-corrected chi connectivity index (χ3v) is 5.07. The average Bonchev–Trinajstić information content (AvgIpc) is 2.82. The summed E-state index contributed by atoms with van der Waals surface area (Å²) in [5, 5.41) is 14.0. The van der Waals surface area contributed by atoms with Crippen molar-refractivity contribution >= 4 is 18.4 Å². The number of benzene rings is 3. The quantitative estimate of drug-likeness (QED) is 0.432. The molecule has 0 aliphatic rings. The molecule has 0 radical (unpaired) electrons. The predicted molar refractivity (Wildman–Crippen MR) is 128 cm³/mol. The Balaban J connectivity index is 0.00000363. The molecule has 0 aromatic heterocycles. The third kappa shape index (κ3) is 7.68. The Morgan fingerprint density at radius 2 is 1.69 bits per heavy atom. The number of nitrogens with one attached hydrogen (secondary N) is 1. The van der Waals surface area contributed by atoms with Crippen LogP contribution in [0.5, 0.6) is 5.75 Å². The van der Waals surface area contributed by atoms with Crippen LogP contribution in [0.1, 0.15) is 40.1 Å². The topological polar surface area (TPSA) is 67.8 Å². The summed E-state index contributed by atoms with van der Waals surface area (Å²) >= 11 is 0. The summed E-state index contributed by atoms with van der Waals surface area (Å²) in [7, 11) is 1.37. The second-order valence-electron chi connectivity index (χ2n) is 7.56. The normalized spacial score (nSPS) is 12.3. The molecule has 2 N–H and O–H groups in total. The van der Waals surface area contributed by atoms with Crippen LogP contribution in [0.2, 0.25) is 0 Å². The van der Waals surface area contributed by atoms with E-state index < -0.39 is 6.10 Å². The zero-order chi connectivity index (χ0) is 22.1. The van der Waals surface area contributed by atoms with E-state index in [2.05, 4.69) is 12.2 Å². The smallest absolute Gasteiger partial charge is 0.337 e. The first-order valence-electron chi connectivity index (χ1n) is 10.4. The number of aliphatic hydroxyl groups excluding tert-OH is 1. The van der Waals surface area contributed by atoms with Crippen molar-refractivity contribution in [2.45, 2.75) is 32.1 Å². The van der Waals surface area contributed by atoms with Crippen molar-refractivity contribution in [2.75, 3.05) is 13.7 Å². The lowest BCUT2D eigenvalue weighted by atomic mass is 10.0. The van der Waals surface area contributed by atoms with Gasteiger partial charge >= 0.3 is 5.97 Å². The number of halogens is 1. The number of aliphatic hydroxyl groups is 1. The maximum Gasteiger partial charge on any atom is 0.337 e. The fourth-order valence-electron chi connectivity index (χ4n) is 3.30. The first-order valence-corrected chi connectivity index (χ1v) is 10.4. The molecule has 2 unspecified atom stereocenters. The molecule has 6 heteroatoms. The Morgan fingerprint density at radius 3 is 2.38 bits per heavy atom. The summed E-state index contributed by atoms with van der Waals surface area (Å²) in [5.41, 5.74) is 3.56. The lowest BCUT2D eigenvalue weighted by Gasteiger charge is -2.18. The Morgan fingerprint density at radius 1 is 0.969 bits per heavy atom. The Bertz CT molecular complexity index is 963. The first-order chi connectivity index (χ1) is 15.0. The van der Waals surface area contributed by atoms with Crippen LogP contribution in [0, 0.1) is 0 Å². The van der Waals surface area contributed by atoms with Crippen LogP contribution in [0.25, 0.3) is 0 Å². The summed E-state index contributed by atoms with van der Waals surface area (Å²) in [6.45, 7) is 2.99. The van der Waals surface area contributed by atoms with E-state index in [1.54, 1.807) is 12.1 Å². The molecule has 2 atom stereocenters. The molecular formula is C26H30ClNO4. The second kappa shape index (κ2) is 12.9. The number of carbonyl (C=O) groups is 1. The Labute approximate surface area is 195 Å². The maximum atomic E-state index is 11.5. The molecule has 0 amide bonds. The molecule has 3 rings (SSSR count). The van der Waals surface area contributed by atoms with E-state index in [0.29, 0.717) is 18.7 Å². The van der Waals surface area contributed by atoms with Gasteiger partial charge in [0.2, 0.25) is 0 Å². The molecular weight excluding hydrogens is 426 g/mol. The molecule has 0 aliphatic heterocycles. The SMILES string of the molecule is COC(=O)c1ccc(CC(C)NCC(O)c2cccc(OCc3ccccc3)c2)cc1.Cl. The largest absolute Gasteiger partial charge is 0.489 e. The van der Waals surface area contributed by atoms with E-state index in [9.17, 15) is 9.90 Å². The third-order valence-electron chi connectivity index (χ3n) is 5.07. The highest BCUT2D eigenvalue weighted by molar-refractivity contribution is 5.89. The van der Waals surface area contributed by atoms with Gasteiger partial charge in [0, 0.05) is 12.6 Å².